The molecule has 122 valence electrons. The van der Waals surface area contributed by atoms with Crippen molar-refractivity contribution in [3.8, 4) is 0 Å². The summed E-state index contributed by atoms with van der Waals surface area (Å²) in [5, 5.41) is 3.18. The number of carbonyl (C=O) groups is 1. The Balaban J connectivity index is 2.02. The third kappa shape index (κ3) is 4.57. The van der Waals surface area contributed by atoms with Gasteiger partial charge in [0.1, 0.15) is 0 Å². The highest BCUT2D eigenvalue weighted by Gasteiger charge is 2.34. The molecule has 0 heterocycles. The number of rotatable bonds is 7. The lowest BCUT2D eigenvalue weighted by molar-refractivity contribution is -0.121. The van der Waals surface area contributed by atoms with Gasteiger partial charge in [-0.1, -0.05) is 49.1 Å². The van der Waals surface area contributed by atoms with Crippen LogP contribution in [-0.4, -0.2) is 26.2 Å². The van der Waals surface area contributed by atoms with E-state index in [1.165, 1.54) is 43.2 Å². The van der Waals surface area contributed by atoms with Crippen LogP contribution >= 0.6 is 0 Å². The summed E-state index contributed by atoms with van der Waals surface area (Å²) in [6.07, 6.45) is 7.53. The molecule has 1 fully saturated rings. The summed E-state index contributed by atoms with van der Waals surface area (Å²) in [4.78, 5) is 12.0. The smallest absolute Gasteiger partial charge is 0.220 e. The third-order valence-corrected chi connectivity index (χ3v) is 4.82. The van der Waals surface area contributed by atoms with Crippen molar-refractivity contribution in [3.05, 3.63) is 35.4 Å². The van der Waals surface area contributed by atoms with Crippen molar-refractivity contribution < 1.29 is 9.53 Å². The number of amides is 1. The van der Waals surface area contributed by atoms with Gasteiger partial charge in [0.15, 0.2) is 0 Å². The molecule has 1 amide bonds. The van der Waals surface area contributed by atoms with Gasteiger partial charge in [0.25, 0.3) is 0 Å². The minimum atomic E-state index is 0.126. The molecule has 1 saturated carbocycles. The molecule has 0 aromatic heterocycles. The molecule has 0 saturated heterocycles. The number of methoxy groups -OCH3 is 1. The van der Waals surface area contributed by atoms with Gasteiger partial charge in [-0.25, -0.2) is 0 Å². The van der Waals surface area contributed by atoms with Gasteiger partial charge in [-0.05, 0) is 31.7 Å². The molecule has 0 atom stereocenters. The third-order valence-electron chi connectivity index (χ3n) is 4.82. The van der Waals surface area contributed by atoms with Gasteiger partial charge in [0.05, 0.1) is 0 Å². The molecular weight excluding hydrogens is 274 g/mol. The molecule has 0 bridgehead atoms. The van der Waals surface area contributed by atoms with E-state index < -0.39 is 0 Å². The summed E-state index contributed by atoms with van der Waals surface area (Å²) in [5.74, 6) is 0.148. The van der Waals surface area contributed by atoms with Crippen LogP contribution in [0.15, 0.2) is 24.3 Å². The van der Waals surface area contributed by atoms with Crippen LogP contribution in [-0.2, 0) is 14.9 Å². The van der Waals surface area contributed by atoms with E-state index in [1.54, 1.807) is 7.11 Å². The van der Waals surface area contributed by atoms with E-state index in [0.29, 0.717) is 13.0 Å². The van der Waals surface area contributed by atoms with Crippen LogP contribution in [0.5, 0.6) is 0 Å². The first-order valence-corrected chi connectivity index (χ1v) is 8.49. The first-order valence-electron chi connectivity index (χ1n) is 8.49. The second-order valence-corrected chi connectivity index (χ2v) is 6.58. The van der Waals surface area contributed by atoms with Crippen LogP contribution in [0, 0.1) is 6.92 Å². The first-order chi connectivity index (χ1) is 10.7. The van der Waals surface area contributed by atoms with Crippen molar-refractivity contribution in [1.29, 1.82) is 0 Å². The molecule has 1 aromatic rings. The van der Waals surface area contributed by atoms with Crippen LogP contribution in [0.1, 0.15) is 56.1 Å². The van der Waals surface area contributed by atoms with Crippen LogP contribution in [0.3, 0.4) is 0 Å². The maximum absolute atomic E-state index is 12.0. The number of hydrogen-bond donors (Lipinski definition) is 1. The summed E-state index contributed by atoms with van der Waals surface area (Å²) >= 11 is 0. The highest BCUT2D eigenvalue weighted by atomic mass is 16.5. The molecule has 0 spiro atoms. The summed E-state index contributed by atoms with van der Waals surface area (Å²) in [7, 11) is 1.67. The van der Waals surface area contributed by atoms with Crippen molar-refractivity contribution in [1.82, 2.24) is 5.32 Å². The predicted octanol–water partition coefficient (Wildman–Crippen LogP) is 3.74. The zero-order valence-corrected chi connectivity index (χ0v) is 14.0. The Bertz CT molecular complexity index is 478. The van der Waals surface area contributed by atoms with Crippen LogP contribution in [0.2, 0.25) is 0 Å². The maximum Gasteiger partial charge on any atom is 0.220 e. The van der Waals surface area contributed by atoms with E-state index in [4.69, 9.17) is 4.74 Å². The molecule has 22 heavy (non-hydrogen) atoms. The van der Waals surface area contributed by atoms with Crippen molar-refractivity contribution in [2.45, 2.75) is 57.3 Å². The lowest BCUT2D eigenvalue weighted by Gasteiger charge is -2.38. The normalized spacial score (nSPS) is 17.2. The molecule has 1 N–H and O–H groups in total. The first kappa shape index (κ1) is 17.0. The molecule has 0 aliphatic heterocycles. The van der Waals surface area contributed by atoms with Crippen LogP contribution < -0.4 is 5.32 Å². The van der Waals surface area contributed by atoms with Crippen LogP contribution in [0.25, 0.3) is 0 Å². The second-order valence-electron chi connectivity index (χ2n) is 6.58. The number of hydrogen-bond acceptors (Lipinski definition) is 2. The highest BCUT2D eigenvalue weighted by molar-refractivity contribution is 5.76. The summed E-state index contributed by atoms with van der Waals surface area (Å²) in [6.45, 7) is 3.56. The van der Waals surface area contributed by atoms with Gasteiger partial charge >= 0.3 is 0 Å². The summed E-state index contributed by atoms with van der Waals surface area (Å²) in [6, 6.07) is 8.81. The van der Waals surface area contributed by atoms with Gasteiger partial charge < -0.3 is 10.1 Å². The van der Waals surface area contributed by atoms with Gasteiger partial charge in [0.2, 0.25) is 5.91 Å². The Hall–Kier alpha value is -1.35. The van der Waals surface area contributed by atoms with Gasteiger partial charge in [-0.15, -0.1) is 0 Å². The Morgan fingerprint density at radius 1 is 1.27 bits per heavy atom. The van der Waals surface area contributed by atoms with E-state index in [0.717, 1.165) is 13.0 Å². The van der Waals surface area contributed by atoms with Gasteiger partial charge in [0, 0.05) is 32.1 Å². The fraction of sp³-hybridized carbons (Fsp3) is 0.632. The zero-order chi connectivity index (χ0) is 15.8. The lowest BCUT2D eigenvalue weighted by atomic mass is 9.69. The Labute approximate surface area is 134 Å². The van der Waals surface area contributed by atoms with E-state index >= 15 is 0 Å². The van der Waals surface area contributed by atoms with E-state index in [2.05, 4.69) is 36.5 Å². The largest absolute Gasteiger partial charge is 0.385 e. The van der Waals surface area contributed by atoms with E-state index in [-0.39, 0.29) is 11.3 Å². The minimum Gasteiger partial charge on any atom is -0.385 e. The quantitative estimate of drug-likeness (QED) is 0.779. The van der Waals surface area contributed by atoms with Crippen LogP contribution in [0.4, 0.5) is 0 Å². The Morgan fingerprint density at radius 2 is 2.05 bits per heavy atom. The van der Waals surface area contributed by atoms with Crippen molar-refractivity contribution in [2.75, 3.05) is 20.3 Å². The molecule has 1 aliphatic carbocycles. The zero-order valence-electron chi connectivity index (χ0n) is 14.0. The fourth-order valence-corrected chi connectivity index (χ4v) is 3.50. The topological polar surface area (TPSA) is 38.3 Å². The minimum absolute atomic E-state index is 0.126. The SMILES string of the molecule is COCCCC(=O)NCC1(c2cccc(C)c2)CCCCC1. The second kappa shape index (κ2) is 8.33. The van der Waals surface area contributed by atoms with Crippen molar-refractivity contribution >= 4 is 5.91 Å². The molecule has 3 nitrogen and oxygen atoms in total. The van der Waals surface area contributed by atoms with Crippen molar-refractivity contribution in [2.24, 2.45) is 0 Å². The molecule has 0 unspecified atom stereocenters. The van der Waals surface area contributed by atoms with Gasteiger partial charge in [-0.3, -0.25) is 4.79 Å². The van der Waals surface area contributed by atoms with E-state index in [1.807, 2.05) is 0 Å². The molecule has 0 radical (unpaired) electrons. The Kier molecular flexibility index (Phi) is 6.44. The molecule has 1 aliphatic rings. The number of nitrogens with one attached hydrogen (secondary N) is 1. The number of benzene rings is 1. The summed E-state index contributed by atoms with van der Waals surface area (Å²) < 4.78 is 5.01. The lowest BCUT2D eigenvalue weighted by Crippen LogP contribution is -2.42. The number of ether oxygens (including phenoxy) is 1. The fourth-order valence-electron chi connectivity index (χ4n) is 3.50. The summed E-state index contributed by atoms with van der Waals surface area (Å²) in [5.41, 5.74) is 2.82. The van der Waals surface area contributed by atoms with Gasteiger partial charge in [-0.2, -0.15) is 0 Å². The number of carbonyl (C=O) groups excluding carboxylic acids is 1. The van der Waals surface area contributed by atoms with Crippen molar-refractivity contribution in [3.63, 3.8) is 0 Å². The average Bonchev–Trinajstić information content (AvgIpc) is 2.54. The molecule has 2 rings (SSSR count). The maximum atomic E-state index is 12.0. The van der Waals surface area contributed by atoms with E-state index in [9.17, 15) is 4.79 Å². The molecule has 1 aromatic carbocycles. The number of aryl methyl sites for hydroxylation is 1. The average molecular weight is 303 g/mol. The standard InChI is InChI=1S/C19H29NO2/c1-16-8-6-9-17(14-16)19(11-4-3-5-12-19)15-20-18(21)10-7-13-22-2/h6,8-9,14H,3-5,7,10-13,15H2,1-2H3,(H,20,21). The predicted molar refractivity (Wildman–Crippen MR) is 90.1 cm³/mol. The highest BCUT2D eigenvalue weighted by Crippen LogP contribution is 2.39. The Morgan fingerprint density at radius 3 is 2.73 bits per heavy atom. The monoisotopic (exact) mass is 303 g/mol. The molecular formula is C19H29NO2. The molecule has 3 heteroatoms.